The van der Waals surface area contributed by atoms with E-state index in [0.29, 0.717) is 12.1 Å². The van der Waals surface area contributed by atoms with E-state index in [1.807, 2.05) is 13.8 Å². The predicted molar refractivity (Wildman–Crippen MR) is 73.9 cm³/mol. The Morgan fingerprint density at radius 3 is 2.38 bits per heavy atom. The van der Waals surface area contributed by atoms with Gasteiger partial charge in [0, 0.05) is 12.6 Å². The molecule has 0 aliphatic heterocycles. The van der Waals surface area contributed by atoms with Crippen LogP contribution in [0.4, 0.5) is 13.2 Å². The smallest absolute Gasteiger partial charge is 0.416 e. The van der Waals surface area contributed by atoms with Crippen LogP contribution < -0.4 is 0 Å². The highest BCUT2D eigenvalue weighted by Gasteiger charge is 2.31. The molecule has 1 aromatic rings. The second-order valence-electron chi connectivity index (χ2n) is 5.52. The van der Waals surface area contributed by atoms with Crippen LogP contribution in [0.15, 0.2) is 24.3 Å². The van der Waals surface area contributed by atoms with Crippen LogP contribution >= 0.6 is 0 Å². The van der Waals surface area contributed by atoms with Crippen LogP contribution in [0.25, 0.3) is 0 Å². The standard InChI is InChI=1S/C15H20F3NO2/c1-10(2)8-19(9-14(20)21)11(3)12-5-4-6-13(7-12)15(16,17)18/h4-7,10-11H,8-9H2,1-3H3,(H,20,21). The van der Waals surface area contributed by atoms with Gasteiger partial charge in [-0.2, -0.15) is 13.2 Å². The minimum Gasteiger partial charge on any atom is -0.480 e. The lowest BCUT2D eigenvalue weighted by molar-refractivity contribution is -0.139. The van der Waals surface area contributed by atoms with Crippen LogP contribution in [0.3, 0.4) is 0 Å². The molecule has 0 aromatic heterocycles. The van der Waals surface area contributed by atoms with Gasteiger partial charge in [0.05, 0.1) is 12.1 Å². The van der Waals surface area contributed by atoms with Gasteiger partial charge in [-0.15, -0.1) is 0 Å². The predicted octanol–water partition coefficient (Wildman–Crippen LogP) is 3.81. The average molecular weight is 303 g/mol. The number of nitrogens with zero attached hydrogens (tertiary/aromatic N) is 1. The summed E-state index contributed by atoms with van der Waals surface area (Å²) in [5, 5.41) is 8.95. The first-order valence-electron chi connectivity index (χ1n) is 6.74. The molecule has 1 atom stereocenters. The maximum Gasteiger partial charge on any atom is 0.416 e. The Balaban J connectivity index is 3.02. The molecule has 0 spiro atoms. The number of rotatable bonds is 6. The first kappa shape index (κ1) is 17.5. The number of benzene rings is 1. The molecule has 3 nitrogen and oxygen atoms in total. The number of halogens is 3. The Morgan fingerprint density at radius 2 is 1.90 bits per heavy atom. The van der Waals surface area contributed by atoms with Crippen molar-refractivity contribution in [2.24, 2.45) is 5.92 Å². The molecule has 0 amide bonds. The average Bonchev–Trinajstić information content (AvgIpc) is 2.35. The van der Waals surface area contributed by atoms with Crippen LogP contribution in [-0.4, -0.2) is 29.1 Å². The maximum atomic E-state index is 12.7. The van der Waals surface area contributed by atoms with E-state index in [2.05, 4.69) is 0 Å². The minimum absolute atomic E-state index is 0.199. The van der Waals surface area contributed by atoms with Crippen molar-refractivity contribution in [2.75, 3.05) is 13.1 Å². The van der Waals surface area contributed by atoms with E-state index in [4.69, 9.17) is 5.11 Å². The summed E-state index contributed by atoms with van der Waals surface area (Å²) in [5.41, 5.74) is -0.251. The number of carboxylic acid groups (broad SMARTS) is 1. The van der Waals surface area contributed by atoms with Crippen LogP contribution in [0.1, 0.15) is 37.9 Å². The van der Waals surface area contributed by atoms with Crippen molar-refractivity contribution < 1.29 is 23.1 Å². The number of carbonyl (C=O) groups is 1. The van der Waals surface area contributed by atoms with Crippen molar-refractivity contribution in [1.82, 2.24) is 4.90 Å². The van der Waals surface area contributed by atoms with E-state index >= 15 is 0 Å². The lowest BCUT2D eigenvalue weighted by Gasteiger charge is -2.29. The van der Waals surface area contributed by atoms with Gasteiger partial charge in [0.1, 0.15) is 0 Å². The van der Waals surface area contributed by atoms with Gasteiger partial charge in [-0.05, 0) is 30.5 Å². The summed E-state index contributed by atoms with van der Waals surface area (Å²) in [6.07, 6.45) is -4.40. The van der Waals surface area contributed by atoms with Crippen LogP contribution in [0, 0.1) is 5.92 Å². The lowest BCUT2D eigenvalue weighted by atomic mass is 10.0. The molecular weight excluding hydrogens is 283 g/mol. The van der Waals surface area contributed by atoms with Gasteiger partial charge in [-0.3, -0.25) is 9.69 Å². The van der Waals surface area contributed by atoms with Gasteiger partial charge >= 0.3 is 12.1 Å². The molecule has 21 heavy (non-hydrogen) atoms. The van der Waals surface area contributed by atoms with E-state index in [1.165, 1.54) is 6.07 Å². The van der Waals surface area contributed by atoms with Crippen LogP contribution in [0.5, 0.6) is 0 Å². The topological polar surface area (TPSA) is 40.5 Å². The third kappa shape index (κ3) is 5.38. The summed E-state index contributed by atoms with van der Waals surface area (Å²) in [5.74, 6) is -0.771. The molecule has 1 unspecified atom stereocenters. The quantitative estimate of drug-likeness (QED) is 0.869. The fourth-order valence-corrected chi connectivity index (χ4v) is 2.19. The zero-order chi connectivity index (χ0) is 16.2. The molecule has 118 valence electrons. The summed E-state index contributed by atoms with van der Waals surface area (Å²) in [4.78, 5) is 12.6. The van der Waals surface area contributed by atoms with Crippen molar-refractivity contribution in [3.05, 3.63) is 35.4 Å². The normalized spacial score (nSPS) is 13.7. The molecule has 1 N–H and O–H groups in total. The molecule has 0 aliphatic rings. The summed E-state index contributed by atoms with van der Waals surface area (Å²) in [6, 6.07) is 4.64. The molecule has 0 saturated heterocycles. The molecule has 0 fully saturated rings. The first-order chi connectivity index (χ1) is 9.61. The van der Waals surface area contributed by atoms with Crippen molar-refractivity contribution in [2.45, 2.75) is 33.0 Å². The lowest BCUT2D eigenvalue weighted by Crippen LogP contribution is -2.35. The highest BCUT2D eigenvalue weighted by Crippen LogP contribution is 2.32. The zero-order valence-corrected chi connectivity index (χ0v) is 12.3. The molecular formula is C15H20F3NO2. The number of carboxylic acids is 1. The summed E-state index contributed by atoms with van der Waals surface area (Å²) >= 11 is 0. The SMILES string of the molecule is CC(C)CN(CC(=O)O)C(C)c1cccc(C(F)(F)F)c1. The minimum atomic E-state index is -4.40. The van der Waals surface area contributed by atoms with E-state index in [-0.39, 0.29) is 12.5 Å². The number of hydrogen-bond donors (Lipinski definition) is 1. The van der Waals surface area contributed by atoms with Crippen molar-refractivity contribution >= 4 is 5.97 Å². The Labute approximate surface area is 122 Å². The molecule has 6 heteroatoms. The number of alkyl halides is 3. The molecule has 0 saturated carbocycles. The molecule has 0 aliphatic carbocycles. The Bertz CT molecular complexity index is 486. The maximum absolute atomic E-state index is 12.7. The van der Waals surface area contributed by atoms with E-state index in [9.17, 15) is 18.0 Å². The third-order valence-corrected chi connectivity index (χ3v) is 3.18. The number of hydrogen-bond acceptors (Lipinski definition) is 2. The molecule has 0 heterocycles. The summed E-state index contributed by atoms with van der Waals surface area (Å²) in [7, 11) is 0. The zero-order valence-electron chi connectivity index (χ0n) is 12.3. The monoisotopic (exact) mass is 303 g/mol. The molecule has 0 radical (unpaired) electrons. The third-order valence-electron chi connectivity index (χ3n) is 3.18. The van der Waals surface area contributed by atoms with Crippen molar-refractivity contribution in [1.29, 1.82) is 0 Å². The fraction of sp³-hybridized carbons (Fsp3) is 0.533. The molecule has 0 bridgehead atoms. The number of aliphatic carboxylic acids is 1. The highest BCUT2D eigenvalue weighted by molar-refractivity contribution is 5.69. The van der Waals surface area contributed by atoms with Gasteiger partial charge in [0.2, 0.25) is 0 Å². The Kier molecular flexibility index (Phi) is 5.78. The van der Waals surface area contributed by atoms with Gasteiger partial charge < -0.3 is 5.11 Å². The highest BCUT2D eigenvalue weighted by atomic mass is 19.4. The van der Waals surface area contributed by atoms with Gasteiger partial charge in [-0.1, -0.05) is 26.0 Å². The van der Waals surface area contributed by atoms with E-state index < -0.39 is 23.8 Å². The Morgan fingerprint density at radius 1 is 1.29 bits per heavy atom. The van der Waals surface area contributed by atoms with Gasteiger partial charge in [0.25, 0.3) is 0 Å². The molecule has 1 rings (SSSR count). The molecule has 1 aromatic carbocycles. The van der Waals surface area contributed by atoms with Crippen molar-refractivity contribution in [3.8, 4) is 0 Å². The van der Waals surface area contributed by atoms with Crippen LogP contribution in [0.2, 0.25) is 0 Å². The second-order valence-corrected chi connectivity index (χ2v) is 5.52. The Hall–Kier alpha value is -1.56. The van der Waals surface area contributed by atoms with Gasteiger partial charge in [-0.25, -0.2) is 0 Å². The second kappa shape index (κ2) is 6.93. The first-order valence-corrected chi connectivity index (χ1v) is 6.74. The fourth-order valence-electron chi connectivity index (χ4n) is 2.19. The van der Waals surface area contributed by atoms with E-state index in [1.54, 1.807) is 17.9 Å². The largest absolute Gasteiger partial charge is 0.480 e. The van der Waals surface area contributed by atoms with Gasteiger partial charge in [0.15, 0.2) is 0 Å². The van der Waals surface area contributed by atoms with Crippen LogP contribution in [-0.2, 0) is 11.0 Å². The summed E-state index contributed by atoms with van der Waals surface area (Å²) < 4.78 is 38.2. The van der Waals surface area contributed by atoms with E-state index in [0.717, 1.165) is 12.1 Å². The summed E-state index contributed by atoms with van der Waals surface area (Å²) in [6.45, 7) is 5.90. The van der Waals surface area contributed by atoms with Crippen molar-refractivity contribution in [3.63, 3.8) is 0 Å².